The van der Waals surface area contributed by atoms with Crippen molar-refractivity contribution in [2.24, 2.45) is 0 Å². The molecular weight excluding hydrogens is 230 g/mol. The molecule has 0 bridgehead atoms. The summed E-state index contributed by atoms with van der Waals surface area (Å²) in [6, 6.07) is 0.439. The second-order valence-electron chi connectivity index (χ2n) is 4.64. The van der Waals surface area contributed by atoms with E-state index in [1.165, 1.54) is 0 Å². The van der Waals surface area contributed by atoms with Crippen LogP contribution in [0.1, 0.15) is 19.8 Å². The lowest BCUT2D eigenvalue weighted by Crippen LogP contribution is -2.59. The van der Waals surface area contributed by atoms with Crippen LogP contribution >= 0.6 is 0 Å². The van der Waals surface area contributed by atoms with E-state index in [-0.39, 0.29) is 12.2 Å². The molecule has 0 radical (unpaired) electrons. The van der Waals surface area contributed by atoms with E-state index >= 15 is 0 Å². The second kappa shape index (κ2) is 6.87. The van der Waals surface area contributed by atoms with Crippen molar-refractivity contribution >= 4 is 0 Å². The number of imidazole rings is 1. The van der Waals surface area contributed by atoms with Gasteiger partial charge in [0.1, 0.15) is 0 Å². The van der Waals surface area contributed by atoms with E-state index in [1.54, 1.807) is 7.11 Å². The summed E-state index contributed by atoms with van der Waals surface area (Å²) >= 11 is 0. The Morgan fingerprint density at radius 1 is 1.50 bits per heavy atom. The van der Waals surface area contributed by atoms with E-state index in [2.05, 4.69) is 14.9 Å². The normalized spacial score (nSPS) is 27.1. The fourth-order valence-electron chi connectivity index (χ4n) is 2.44. The van der Waals surface area contributed by atoms with E-state index in [1.807, 2.05) is 25.6 Å². The zero-order chi connectivity index (χ0) is 12.8. The van der Waals surface area contributed by atoms with Gasteiger partial charge in [0.15, 0.2) is 0 Å². The van der Waals surface area contributed by atoms with Gasteiger partial charge in [0.05, 0.1) is 18.5 Å². The Morgan fingerprint density at radius 2 is 2.39 bits per heavy atom. The monoisotopic (exact) mass is 253 g/mol. The molecule has 1 saturated carbocycles. The van der Waals surface area contributed by atoms with Gasteiger partial charge in [-0.25, -0.2) is 4.98 Å². The summed E-state index contributed by atoms with van der Waals surface area (Å²) in [6.45, 7) is 4.80. The molecule has 102 valence electrons. The second-order valence-corrected chi connectivity index (χ2v) is 4.64. The smallest absolute Gasteiger partial charge is 0.0986 e. The van der Waals surface area contributed by atoms with E-state index in [0.717, 1.165) is 32.5 Å². The van der Waals surface area contributed by atoms with E-state index in [4.69, 9.17) is 9.47 Å². The van der Waals surface area contributed by atoms with Crippen LogP contribution in [0.2, 0.25) is 0 Å². The Morgan fingerprint density at radius 3 is 3.06 bits per heavy atom. The Bertz CT molecular complexity index is 329. The molecule has 1 aromatic heterocycles. The highest BCUT2D eigenvalue weighted by molar-refractivity contribution is 4.96. The zero-order valence-corrected chi connectivity index (χ0v) is 11.2. The largest absolute Gasteiger partial charge is 0.377 e. The third-order valence-corrected chi connectivity index (χ3v) is 3.46. The number of rotatable bonds is 8. The zero-order valence-electron chi connectivity index (χ0n) is 11.2. The van der Waals surface area contributed by atoms with Crippen LogP contribution in [-0.4, -0.2) is 48.1 Å². The van der Waals surface area contributed by atoms with Crippen LogP contribution in [-0.2, 0) is 16.0 Å². The molecular formula is C13H23N3O2. The molecule has 1 aliphatic carbocycles. The van der Waals surface area contributed by atoms with Crippen LogP contribution in [0.3, 0.4) is 0 Å². The third-order valence-electron chi connectivity index (χ3n) is 3.46. The van der Waals surface area contributed by atoms with Crippen molar-refractivity contribution in [3.05, 3.63) is 18.7 Å². The molecule has 2 rings (SSSR count). The number of nitrogens with one attached hydrogen (secondary N) is 1. The molecule has 0 spiro atoms. The fourth-order valence-corrected chi connectivity index (χ4v) is 2.44. The van der Waals surface area contributed by atoms with Crippen LogP contribution in [0.4, 0.5) is 0 Å². The fraction of sp³-hybridized carbons (Fsp3) is 0.769. The van der Waals surface area contributed by atoms with Gasteiger partial charge >= 0.3 is 0 Å². The molecule has 0 saturated heterocycles. The van der Waals surface area contributed by atoms with Gasteiger partial charge in [0.2, 0.25) is 0 Å². The minimum Gasteiger partial charge on any atom is -0.377 e. The Labute approximate surface area is 108 Å². The molecule has 1 aliphatic rings. The van der Waals surface area contributed by atoms with Crippen molar-refractivity contribution in [3.63, 3.8) is 0 Å². The number of nitrogens with zero attached hydrogens (tertiary/aromatic N) is 2. The van der Waals surface area contributed by atoms with Crippen LogP contribution in [0.25, 0.3) is 0 Å². The number of aromatic nitrogens is 2. The molecule has 0 aliphatic heterocycles. The maximum absolute atomic E-state index is 5.60. The first-order valence-electron chi connectivity index (χ1n) is 6.68. The van der Waals surface area contributed by atoms with Gasteiger partial charge in [-0.1, -0.05) is 0 Å². The van der Waals surface area contributed by atoms with Gasteiger partial charge in [-0.2, -0.15) is 0 Å². The first-order valence-corrected chi connectivity index (χ1v) is 6.68. The minimum atomic E-state index is 0.207. The van der Waals surface area contributed by atoms with E-state index < -0.39 is 0 Å². The Kier molecular flexibility index (Phi) is 5.16. The van der Waals surface area contributed by atoms with E-state index in [0.29, 0.717) is 6.04 Å². The highest BCUT2D eigenvalue weighted by Gasteiger charge is 2.41. The molecule has 18 heavy (non-hydrogen) atoms. The molecule has 5 nitrogen and oxygen atoms in total. The van der Waals surface area contributed by atoms with Crippen LogP contribution < -0.4 is 5.32 Å². The van der Waals surface area contributed by atoms with E-state index in [9.17, 15) is 0 Å². The van der Waals surface area contributed by atoms with Crippen molar-refractivity contribution < 1.29 is 9.47 Å². The number of aryl methyl sites for hydroxylation is 1. The van der Waals surface area contributed by atoms with Gasteiger partial charge in [-0.05, 0) is 26.3 Å². The first kappa shape index (κ1) is 13.5. The lowest BCUT2D eigenvalue weighted by Gasteiger charge is -2.43. The molecule has 1 fully saturated rings. The summed E-state index contributed by atoms with van der Waals surface area (Å²) in [4.78, 5) is 4.03. The molecule has 0 amide bonds. The summed E-state index contributed by atoms with van der Waals surface area (Å²) in [5.41, 5.74) is 0. The third kappa shape index (κ3) is 3.31. The van der Waals surface area contributed by atoms with Crippen molar-refractivity contribution in [3.8, 4) is 0 Å². The maximum atomic E-state index is 5.60. The summed E-state index contributed by atoms with van der Waals surface area (Å²) in [5, 5.41) is 3.53. The minimum absolute atomic E-state index is 0.207. The SMILES string of the molecule is CCOC1CC(NCCCn2ccnc2)C1OC. The number of hydrogen-bond donors (Lipinski definition) is 1. The van der Waals surface area contributed by atoms with Gasteiger partial charge in [-0.3, -0.25) is 0 Å². The Balaban J connectivity index is 1.60. The molecule has 5 heteroatoms. The summed E-state index contributed by atoms with van der Waals surface area (Å²) in [6.07, 6.45) is 8.29. The highest BCUT2D eigenvalue weighted by atomic mass is 16.5. The van der Waals surface area contributed by atoms with Crippen molar-refractivity contribution in [2.75, 3.05) is 20.3 Å². The lowest BCUT2D eigenvalue weighted by atomic mass is 9.85. The molecule has 3 atom stereocenters. The predicted octanol–water partition coefficient (Wildman–Crippen LogP) is 1.06. The summed E-state index contributed by atoms with van der Waals surface area (Å²) in [7, 11) is 1.76. The number of hydrogen-bond acceptors (Lipinski definition) is 4. The molecule has 1 N–H and O–H groups in total. The van der Waals surface area contributed by atoms with Gasteiger partial charge in [-0.15, -0.1) is 0 Å². The van der Waals surface area contributed by atoms with Gasteiger partial charge in [0.25, 0.3) is 0 Å². The Hall–Kier alpha value is -0.910. The molecule has 0 aromatic carbocycles. The van der Waals surface area contributed by atoms with Crippen molar-refractivity contribution in [1.82, 2.24) is 14.9 Å². The van der Waals surface area contributed by atoms with Gasteiger partial charge in [0, 0.05) is 38.7 Å². The summed E-state index contributed by atoms with van der Waals surface area (Å²) < 4.78 is 13.2. The molecule has 1 aromatic rings. The topological polar surface area (TPSA) is 48.3 Å². The standard InChI is InChI=1S/C13H23N3O2/c1-3-18-12-9-11(13(12)17-2)15-5-4-7-16-8-6-14-10-16/h6,8,10-13,15H,3-5,7,9H2,1-2H3. The molecule has 3 unspecified atom stereocenters. The predicted molar refractivity (Wildman–Crippen MR) is 69.5 cm³/mol. The van der Waals surface area contributed by atoms with Crippen LogP contribution in [0, 0.1) is 0 Å². The van der Waals surface area contributed by atoms with Crippen molar-refractivity contribution in [2.45, 2.75) is 44.6 Å². The average molecular weight is 253 g/mol. The number of methoxy groups -OCH3 is 1. The molecule has 1 heterocycles. The maximum Gasteiger partial charge on any atom is 0.0986 e. The summed E-state index contributed by atoms with van der Waals surface area (Å²) in [5.74, 6) is 0. The lowest BCUT2D eigenvalue weighted by molar-refractivity contribution is -0.131. The highest BCUT2D eigenvalue weighted by Crippen LogP contribution is 2.26. The van der Waals surface area contributed by atoms with Crippen LogP contribution in [0.15, 0.2) is 18.7 Å². The first-order chi connectivity index (χ1) is 8.85. The number of ether oxygens (including phenoxy) is 2. The van der Waals surface area contributed by atoms with Crippen LogP contribution in [0.5, 0.6) is 0 Å². The average Bonchev–Trinajstić information content (AvgIpc) is 2.85. The van der Waals surface area contributed by atoms with Gasteiger partial charge < -0.3 is 19.4 Å². The van der Waals surface area contributed by atoms with Crippen molar-refractivity contribution in [1.29, 1.82) is 0 Å². The quantitative estimate of drug-likeness (QED) is 0.704.